The number of hydrogen-bond acceptors (Lipinski definition) is 48. The van der Waals surface area contributed by atoms with Crippen molar-refractivity contribution in [3.05, 3.63) is 0 Å². The van der Waals surface area contributed by atoms with E-state index in [1.165, 1.54) is 13.8 Å². The van der Waals surface area contributed by atoms with E-state index in [0.29, 0.717) is 0 Å². The molecule has 31 N–H and O–H groups in total. The molecule has 0 radical (unpaired) electrons. The van der Waals surface area contributed by atoms with Gasteiger partial charge in [-0.05, 0) is 13.8 Å². The molecule has 9 heterocycles. The van der Waals surface area contributed by atoms with Crippen molar-refractivity contribution in [2.75, 3.05) is 46.2 Å². The third-order valence-electron chi connectivity index (χ3n) is 22.2. The fraction of sp³-hybridized carbons (Fsp3) is 0.912. The quantitative estimate of drug-likeness (QED) is 0.0290. The number of amides is 4. The average molecular weight is 1790 g/mol. The molecule has 0 bridgehead atoms. The van der Waals surface area contributed by atoms with Gasteiger partial charge in [0.25, 0.3) is 11.6 Å². The number of rotatable bonds is 33. The van der Waals surface area contributed by atoms with Gasteiger partial charge in [-0.2, -0.15) is 0 Å². The minimum absolute atomic E-state index is 0.850. The predicted molar refractivity (Wildman–Crippen MR) is 375 cm³/mol. The Balaban J connectivity index is 1.09. The Morgan fingerprint density at radius 1 is 0.336 bits per heavy atom. The highest BCUT2D eigenvalue weighted by Crippen LogP contribution is 2.44. The van der Waals surface area contributed by atoms with Gasteiger partial charge in [-0.15, -0.1) is 0 Å². The van der Waals surface area contributed by atoms with Gasteiger partial charge >= 0.3 is 11.9 Å². The molecule has 0 aliphatic carbocycles. The van der Waals surface area contributed by atoms with Crippen LogP contribution in [0.15, 0.2) is 0 Å². The summed E-state index contributed by atoms with van der Waals surface area (Å²) in [5.41, 5.74) is 0. The zero-order valence-electron chi connectivity index (χ0n) is 65.8. The van der Waals surface area contributed by atoms with Crippen LogP contribution in [0.5, 0.6) is 0 Å². The molecule has 704 valence electrons. The van der Waals surface area contributed by atoms with Gasteiger partial charge in [-0.25, -0.2) is 9.59 Å². The third-order valence-corrected chi connectivity index (χ3v) is 22.2. The number of carbonyl (C=O) groups excluding carboxylic acids is 4. The maximum absolute atomic E-state index is 13.8. The van der Waals surface area contributed by atoms with Crippen LogP contribution < -0.4 is 21.3 Å². The summed E-state index contributed by atoms with van der Waals surface area (Å²) < 4.78 is 102. The summed E-state index contributed by atoms with van der Waals surface area (Å²) in [5, 5.41) is 311. The van der Waals surface area contributed by atoms with E-state index in [0.717, 1.165) is 27.7 Å². The average Bonchev–Trinajstić information content (AvgIpc) is 0.763. The van der Waals surface area contributed by atoms with Crippen LogP contribution in [-0.4, -0.2) is 507 Å². The fourth-order valence-corrected chi connectivity index (χ4v) is 15.8. The van der Waals surface area contributed by atoms with Gasteiger partial charge in [-0.1, -0.05) is 0 Å². The van der Waals surface area contributed by atoms with E-state index in [4.69, 9.17) is 80.5 Å². The molecular weight excluding hydrogens is 1670 g/mol. The summed E-state index contributed by atoms with van der Waals surface area (Å²) in [6, 6.07) is -7.99. The van der Waals surface area contributed by atoms with E-state index in [1.807, 2.05) is 0 Å². The molecule has 0 spiro atoms. The molecule has 4 amide bonds. The van der Waals surface area contributed by atoms with E-state index in [-0.39, 0.29) is 0 Å². The molecule has 0 aromatic rings. The van der Waals surface area contributed by atoms with Crippen LogP contribution >= 0.6 is 0 Å². The Bertz CT molecular complexity index is 3410. The lowest BCUT2D eigenvalue weighted by Gasteiger charge is -2.53. The maximum Gasteiger partial charge on any atom is 0.364 e. The molecule has 9 aliphatic rings. The largest absolute Gasteiger partial charge is 0.477 e. The molecule has 0 aromatic heterocycles. The second kappa shape index (κ2) is 42.6. The van der Waals surface area contributed by atoms with Gasteiger partial charge in [0, 0.05) is 40.5 Å². The Labute approximate surface area is 690 Å². The van der Waals surface area contributed by atoms with Gasteiger partial charge in [0.05, 0.1) is 82.7 Å². The van der Waals surface area contributed by atoms with E-state index in [2.05, 4.69) is 21.3 Å². The normalized spacial score (nSPS) is 46.9. The highest BCUT2D eigenvalue weighted by Gasteiger charge is 2.66. The Kier molecular flexibility index (Phi) is 35.2. The Morgan fingerprint density at radius 2 is 0.623 bits per heavy atom. The first-order valence-corrected chi connectivity index (χ1v) is 38.6. The van der Waals surface area contributed by atoms with Crippen molar-refractivity contribution in [1.29, 1.82) is 0 Å². The van der Waals surface area contributed by atoms with Crippen molar-refractivity contribution < 1.29 is 247 Å². The van der Waals surface area contributed by atoms with Crippen molar-refractivity contribution in [3.63, 3.8) is 0 Å². The van der Waals surface area contributed by atoms with E-state index in [9.17, 15) is 167 Å². The molecule has 122 heavy (non-hydrogen) atoms. The lowest BCUT2D eigenvalue weighted by Crippen LogP contribution is -2.73. The molecule has 9 fully saturated rings. The minimum atomic E-state index is -3.37. The van der Waals surface area contributed by atoms with Crippen molar-refractivity contribution in [3.8, 4) is 0 Å². The zero-order valence-corrected chi connectivity index (χ0v) is 65.8. The smallest absolute Gasteiger partial charge is 0.364 e. The summed E-state index contributed by atoms with van der Waals surface area (Å²) in [4.78, 5) is 79.0. The van der Waals surface area contributed by atoms with Gasteiger partial charge in [0.15, 0.2) is 44.0 Å². The topological polar surface area (TPSA) is 854 Å². The van der Waals surface area contributed by atoms with Crippen LogP contribution in [0.2, 0.25) is 0 Å². The second-order valence-electron chi connectivity index (χ2n) is 30.9. The Morgan fingerprint density at radius 3 is 0.943 bits per heavy atom. The van der Waals surface area contributed by atoms with Crippen LogP contribution in [0.4, 0.5) is 0 Å². The molecule has 0 saturated carbocycles. The minimum Gasteiger partial charge on any atom is -0.477 e. The Hall–Kier alpha value is -4.86. The van der Waals surface area contributed by atoms with E-state index in [1.54, 1.807) is 0 Å². The highest BCUT2D eigenvalue weighted by atomic mass is 16.8. The van der Waals surface area contributed by atoms with E-state index >= 15 is 0 Å². The lowest BCUT2D eigenvalue weighted by molar-refractivity contribution is -0.407. The first kappa shape index (κ1) is 101. The number of aliphatic carboxylic acids is 2. The van der Waals surface area contributed by atoms with Crippen LogP contribution in [0.25, 0.3) is 0 Å². The van der Waals surface area contributed by atoms with Crippen LogP contribution in [0.3, 0.4) is 0 Å². The fourth-order valence-electron chi connectivity index (χ4n) is 15.8. The summed E-state index contributed by atoms with van der Waals surface area (Å²) in [5.74, 6) is -15.2. The van der Waals surface area contributed by atoms with Crippen molar-refractivity contribution in [1.82, 2.24) is 21.3 Å². The monoisotopic (exact) mass is 1780 g/mol. The zero-order chi connectivity index (χ0) is 90.7. The number of carboxylic acid groups (broad SMARTS) is 2. The second-order valence-corrected chi connectivity index (χ2v) is 30.9. The third kappa shape index (κ3) is 21.7. The molecule has 47 atom stereocenters. The molecule has 54 heteroatoms. The van der Waals surface area contributed by atoms with Crippen molar-refractivity contribution in [2.24, 2.45) is 0 Å². The van der Waals surface area contributed by atoms with Gasteiger partial charge in [0.1, 0.15) is 195 Å². The molecule has 0 unspecified atom stereocenters. The van der Waals surface area contributed by atoms with Gasteiger partial charge < -0.3 is 240 Å². The first-order chi connectivity index (χ1) is 57.3. The molecule has 54 nitrogen and oxygen atoms in total. The van der Waals surface area contributed by atoms with Crippen LogP contribution in [0.1, 0.15) is 54.4 Å². The first-order valence-electron chi connectivity index (χ1n) is 38.6. The molecule has 9 aliphatic heterocycles. The molecule has 0 aromatic carbocycles. The van der Waals surface area contributed by atoms with Gasteiger partial charge in [0.2, 0.25) is 23.6 Å². The van der Waals surface area contributed by atoms with Crippen LogP contribution in [-0.2, 0) is 109 Å². The summed E-state index contributed by atoms with van der Waals surface area (Å²) in [6.07, 6.45) is -94.9. The number of ether oxygens (including phenoxy) is 17. The standard InChI is InChI=1S/C68H112N4O50/c1-16-35(88)42(95)44(97)61(106-16)115-52-33(71-20(5)82)59(111-29(14-78)48(52)113-63-46(99)54(39(92)27(12-76)109-63)121-67(65(102)103)7-22(84)31(69-18(3)80)50(119-67)37(90)24(86)9-73)117-56-41(94)26(11-75)108-58(101)57(56)118-60-34(72-21(6)83)53(116-62-45(98)43(96)36(89)17(2)107-62)49(30(15-79)112-60)114-64-47(100)55(40(93)28(13-77)110-64)122-68(66(104)105)8-23(85)32(70-19(4)81)51(120-68)38(91)25(87)10-74/h16-17,22-64,73-79,84-101H,7-15H2,1-6H3,(H,69,80)(H,70,81)(H,71,82)(H,72,83)(H,102,103)(H,104,105)/t16-,17-,22-,23-,24+,25+,26+,27+,28+,29+,30+,31+,32+,33+,34+,35+,36+,37+,38+,39-,40-,41-,42+,43+,44-,45-,46+,47+,48+,49+,50+,51+,52+,53+,54-,55-,56-,57+,58+,59-,60-,61-,62-,63-,64-,67-,68-/m0/s1. The number of hydrogen-bond donors (Lipinski definition) is 31. The molecule has 9 rings (SSSR count). The maximum atomic E-state index is 13.8. The number of aliphatic hydroxyl groups is 25. The SMILES string of the molecule is CC(=O)N[C@H]1[C@H](O[C@@H]2[C@@H](O[C@@H]3O[C@H](CO)[C@@H](O[C@@H]4O[C@H](CO)[C@H](O)[C@H](O[C@]5(C(=O)O)C[C@H](O)[C@@H](NC(C)=O)[C@H]([C@H](O)[C@H](O)CO)O5)[C@H]4O)[C@H](O[C@@H]4O[C@@H](C)[C@@H](O)[C@@H](O)[C@@H]4O)[C@H]3NC(C)=O)[C@@H](O)[C@@H](CO)O[C@H]2O)O[C@H](CO)[C@@H](O[C@@H]2O[C@H](CO)[C@H](O)[C@H](O[C@]3(C(=O)O)C[C@H](O)[C@@H](NC(C)=O)[C@H]([C@H](O)[C@H](O)CO)O3)[C@H]2O)[C@@H]1O[C@@H]1O[C@@H](C)[C@@H](O)[C@@H](O)[C@@H]1O. The lowest BCUT2D eigenvalue weighted by atomic mass is 9.88. The summed E-state index contributed by atoms with van der Waals surface area (Å²) >= 11 is 0. The number of carbonyl (C=O) groups is 6. The number of aliphatic hydroxyl groups excluding tert-OH is 25. The van der Waals surface area contributed by atoms with E-state index < -0.39 is 382 Å². The number of carboxylic acids is 2. The van der Waals surface area contributed by atoms with Gasteiger partial charge in [-0.3, -0.25) is 19.2 Å². The summed E-state index contributed by atoms with van der Waals surface area (Å²) in [7, 11) is 0. The van der Waals surface area contributed by atoms with Crippen molar-refractivity contribution in [2.45, 2.75) is 342 Å². The van der Waals surface area contributed by atoms with Crippen LogP contribution in [0, 0.1) is 0 Å². The van der Waals surface area contributed by atoms with Crippen molar-refractivity contribution >= 4 is 35.6 Å². The summed E-state index contributed by atoms with van der Waals surface area (Å²) in [6.45, 7) is -3.11. The molecular formula is C68H112N4O50. The highest BCUT2D eigenvalue weighted by molar-refractivity contribution is 5.78. The number of nitrogens with one attached hydrogen (secondary N) is 4. The predicted octanol–water partition coefficient (Wildman–Crippen LogP) is -19.6. The molecule has 9 saturated heterocycles.